The Hall–Kier alpha value is -1.13. The molecule has 0 aliphatic rings. The Balaban J connectivity index is 2.24. The second kappa shape index (κ2) is 4.80. The molecule has 2 aromatic rings. The second-order valence-corrected chi connectivity index (χ2v) is 4.23. The van der Waals surface area contributed by atoms with Crippen LogP contribution in [0, 0.1) is 5.82 Å². The van der Waals surface area contributed by atoms with Gasteiger partial charge in [-0.25, -0.2) is 9.37 Å². The van der Waals surface area contributed by atoms with E-state index in [0.717, 1.165) is 0 Å². The van der Waals surface area contributed by atoms with Gasteiger partial charge in [0, 0.05) is 12.3 Å². The van der Waals surface area contributed by atoms with Gasteiger partial charge in [-0.3, -0.25) is 0 Å². The summed E-state index contributed by atoms with van der Waals surface area (Å²) in [4.78, 5) is 3.83. The molecule has 16 heavy (non-hydrogen) atoms. The third-order valence-electron chi connectivity index (χ3n) is 1.82. The normalized spacial score (nSPS) is 10.2. The predicted molar refractivity (Wildman–Crippen MR) is 63.4 cm³/mol. The summed E-state index contributed by atoms with van der Waals surface area (Å²) in [6.07, 6.45) is 1.54. The van der Waals surface area contributed by atoms with E-state index in [4.69, 9.17) is 16.3 Å². The van der Waals surface area contributed by atoms with E-state index < -0.39 is 0 Å². The lowest BCUT2D eigenvalue weighted by Crippen LogP contribution is -1.86. The maximum absolute atomic E-state index is 13.0. The highest BCUT2D eigenvalue weighted by Gasteiger charge is 2.03. The van der Waals surface area contributed by atoms with Crippen LogP contribution in [0.2, 0.25) is 5.15 Å². The molecule has 0 fully saturated rings. The van der Waals surface area contributed by atoms with Gasteiger partial charge in [-0.1, -0.05) is 11.6 Å². The largest absolute Gasteiger partial charge is 0.457 e. The number of hydrogen-bond acceptors (Lipinski definition) is 2. The fourth-order valence-corrected chi connectivity index (χ4v) is 1.65. The van der Waals surface area contributed by atoms with E-state index in [1.165, 1.54) is 18.3 Å². The number of aromatic nitrogens is 1. The summed E-state index contributed by atoms with van der Waals surface area (Å²) >= 11 is 8.79. The van der Waals surface area contributed by atoms with Gasteiger partial charge < -0.3 is 4.74 Å². The fourth-order valence-electron chi connectivity index (χ4n) is 1.12. The van der Waals surface area contributed by atoms with Crippen LogP contribution in [-0.2, 0) is 0 Å². The highest BCUT2D eigenvalue weighted by Crippen LogP contribution is 2.26. The van der Waals surface area contributed by atoms with Crippen LogP contribution in [0.25, 0.3) is 0 Å². The van der Waals surface area contributed by atoms with Crippen LogP contribution in [0.4, 0.5) is 4.39 Å². The molecule has 0 atom stereocenters. The number of pyridine rings is 1. The molecule has 82 valence electrons. The summed E-state index contributed by atoms with van der Waals surface area (Å²) in [5, 5.41) is 0.346. The van der Waals surface area contributed by atoms with Gasteiger partial charge in [-0.15, -0.1) is 0 Å². The topological polar surface area (TPSA) is 22.1 Å². The highest BCUT2D eigenvalue weighted by molar-refractivity contribution is 9.10. The third kappa shape index (κ3) is 2.71. The highest BCUT2D eigenvalue weighted by atomic mass is 79.9. The first-order valence-electron chi connectivity index (χ1n) is 4.39. The Bertz CT molecular complexity index is 521. The Morgan fingerprint density at radius 1 is 1.19 bits per heavy atom. The van der Waals surface area contributed by atoms with E-state index in [1.807, 2.05) is 0 Å². The molecule has 1 aromatic carbocycles. The molecule has 0 aliphatic carbocycles. The molecule has 0 bridgehead atoms. The Morgan fingerprint density at radius 2 is 1.94 bits per heavy atom. The van der Waals surface area contributed by atoms with Crippen LogP contribution in [-0.4, -0.2) is 4.98 Å². The van der Waals surface area contributed by atoms with E-state index in [1.54, 1.807) is 18.2 Å². The Labute approximate surface area is 105 Å². The predicted octanol–water partition coefficient (Wildman–Crippen LogP) is 4.43. The SMILES string of the molecule is Fc1ccc(Oc2ccnc(Cl)c2)cc1Br. The molecule has 0 saturated heterocycles. The van der Waals surface area contributed by atoms with Gasteiger partial charge in [0.05, 0.1) is 4.47 Å². The number of rotatable bonds is 2. The van der Waals surface area contributed by atoms with Crippen LogP contribution in [0.5, 0.6) is 11.5 Å². The fraction of sp³-hybridized carbons (Fsp3) is 0. The minimum Gasteiger partial charge on any atom is -0.457 e. The quantitative estimate of drug-likeness (QED) is 0.766. The van der Waals surface area contributed by atoms with Gasteiger partial charge in [-0.2, -0.15) is 0 Å². The maximum atomic E-state index is 13.0. The summed E-state index contributed by atoms with van der Waals surface area (Å²) in [6, 6.07) is 7.66. The van der Waals surface area contributed by atoms with Crippen LogP contribution in [0.3, 0.4) is 0 Å². The minimum absolute atomic E-state index is 0.333. The van der Waals surface area contributed by atoms with Crippen molar-refractivity contribution >= 4 is 27.5 Å². The van der Waals surface area contributed by atoms with Crippen molar-refractivity contribution in [2.24, 2.45) is 0 Å². The first-order chi connectivity index (χ1) is 7.65. The number of nitrogens with zero attached hydrogens (tertiary/aromatic N) is 1. The molecule has 0 N–H and O–H groups in total. The van der Waals surface area contributed by atoms with Gasteiger partial charge in [0.25, 0.3) is 0 Å². The van der Waals surface area contributed by atoms with Gasteiger partial charge in [0.2, 0.25) is 0 Å². The zero-order valence-corrected chi connectivity index (χ0v) is 10.3. The molecular formula is C11H6BrClFNO. The minimum atomic E-state index is -0.333. The van der Waals surface area contributed by atoms with Crippen LogP contribution < -0.4 is 4.74 Å². The number of benzene rings is 1. The Kier molecular flexibility index (Phi) is 3.41. The van der Waals surface area contributed by atoms with Crippen molar-refractivity contribution in [2.75, 3.05) is 0 Å². The lowest BCUT2D eigenvalue weighted by Gasteiger charge is -2.06. The summed E-state index contributed by atoms with van der Waals surface area (Å²) in [6.45, 7) is 0. The number of ether oxygens (including phenoxy) is 1. The van der Waals surface area contributed by atoms with Gasteiger partial charge in [0.15, 0.2) is 0 Å². The standard InChI is InChI=1S/C11H6BrClFNO/c12-9-5-7(1-2-10(9)14)16-8-3-4-15-11(13)6-8/h1-6H. The average molecular weight is 303 g/mol. The monoisotopic (exact) mass is 301 g/mol. The van der Waals surface area contributed by atoms with Crippen LogP contribution in [0.15, 0.2) is 41.0 Å². The van der Waals surface area contributed by atoms with Gasteiger partial charge in [0.1, 0.15) is 22.5 Å². The summed E-state index contributed by atoms with van der Waals surface area (Å²) in [5.74, 6) is 0.745. The average Bonchev–Trinajstić information content (AvgIpc) is 2.24. The zero-order chi connectivity index (χ0) is 11.5. The summed E-state index contributed by atoms with van der Waals surface area (Å²) in [7, 11) is 0. The molecule has 0 aliphatic heterocycles. The molecule has 0 unspecified atom stereocenters. The van der Waals surface area contributed by atoms with E-state index in [0.29, 0.717) is 21.1 Å². The van der Waals surface area contributed by atoms with Crippen molar-refractivity contribution in [3.05, 3.63) is 52.0 Å². The van der Waals surface area contributed by atoms with Crippen molar-refractivity contribution < 1.29 is 9.13 Å². The van der Waals surface area contributed by atoms with E-state index >= 15 is 0 Å². The number of hydrogen-bond donors (Lipinski definition) is 0. The summed E-state index contributed by atoms with van der Waals surface area (Å²) < 4.78 is 18.8. The first-order valence-corrected chi connectivity index (χ1v) is 5.57. The van der Waals surface area contributed by atoms with Gasteiger partial charge >= 0.3 is 0 Å². The molecule has 0 radical (unpaired) electrons. The van der Waals surface area contributed by atoms with Crippen molar-refractivity contribution in [1.29, 1.82) is 0 Å². The van der Waals surface area contributed by atoms with E-state index in [9.17, 15) is 4.39 Å². The van der Waals surface area contributed by atoms with Gasteiger partial charge in [-0.05, 0) is 40.2 Å². The second-order valence-electron chi connectivity index (χ2n) is 2.99. The maximum Gasteiger partial charge on any atom is 0.137 e. The zero-order valence-electron chi connectivity index (χ0n) is 7.95. The lowest BCUT2D eigenvalue weighted by atomic mass is 10.3. The molecule has 0 amide bonds. The molecule has 2 rings (SSSR count). The smallest absolute Gasteiger partial charge is 0.137 e. The van der Waals surface area contributed by atoms with E-state index in [2.05, 4.69) is 20.9 Å². The van der Waals surface area contributed by atoms with Crippen LogP contribution >= 0.6 is 27.5 Å². The molecule has 0 spiro atoms. The van der Waals surface area contributed by atoms with Crippen molar-refractivity contribution in [1.82, 2.24) is 4.98 Å². The molecule has 2 nitrogen and oxygen atoms in total. The third-order valence-corrected chi connectivity index (χ3v) is 2.64. The first kappa shape index (κ1) is 11.4. The summed E-state index contributed by atoms with van der Waals surface area (Å²) in [5.41, 5.74) is 0. The van der Waals surface area contributed by atoms with E-state index in [-0.39, 0.29) is 5.82 Å². The lowest BCUT2D eigenvalue weighted by molar-refractivity contribution is 0.479. The van der Waals surface area contributed by atoms with Crippen LogP contribution in [0.1, 0.15) is 0 Å². The molecule has 5 heteroatoms. The van der Waals surface area contributed by atoms with Crippen molar-refractivity contribution in [3.63, 3.8) is 0 Å². The number of halogens is 3. The molecule has 1 aromatic heterocycles. The van der Waals surface area contributed by atoms with Crippen molar-refractivity contribution in [2.45, 2.75) is 0 Å². The molecule has 0 saturated carbocycles. The van der Waals surface area contributed by atoms with Crippen molar-refractivity contribution in [3.8, 4) is 11.5 Å². The molecule has 1 heterocycles. The Morgan fingerprint density at radius 3 is 2.62 bits per heavy atom. The molecular weight excluding hydrogens is 296 g/mol.